The summed E-state index contributed by atoms with van der Waals surface area (Å²) in [6.07, 6.45) is 4.25. The number of hydrogen-bond acceptors (Lipinski definition) is 4. The first-order valence-electron chi connectivity index (χ1n) is 11.9. The number of imide groups is 1. The predicted molar refractivity (Wildman–Crippen MR) is 133 cm³/mol. The first-order valence-corrected chi connectivity index (χ1v) is 11.9. The third-order valence-corrected chi connectivity index (χ3v) is 7.44. The number of ether oxygens (including phenoxy) is 1. The minimum absolute atomic E-state index is 0.182. The van der Waals surface area contributed by atoms with E-state index in [4.69, 9.17) is 4.74 Å². The van der Waals surface area contributed by atoms with E-state index in [0.717, 1.165) is 48.0 Å². The molecule has 0 radical (unpaired) electrons. The fraction of sp³-hybridized carbons (Fsp3) is 0.286. The van der Waals surface area contributed by atoms with Gasteiger partial charge in [0.1, 0.15) is 5.75 Å². The second kappa shape index (κ2) is 8.29. The Morgan fingerprint density at radius 2 is 1.65 bits per heavy atom. The molecule has 34 heavy (non-hydrogen) atoms. The summed E-state index contributed by atoms with van der Waals surface area (Å²) >= 11 is 0. The topological polar surface area (TPSA) is 65.6 Å². The monoisotopic (exact) mass is 453 g/mol. The van der Waals surface area contributed by atoms with Gasteiger partial charge >= 0.3 is 0 Å². The molecule has 2 aliphatic rings. The van der Waals surface area contributed by atoms with E-state index in [1.807, 2.05) is 48.5 Å². The van der Waals surface area contributed by atoms with Crippen LogP contribution in [0, 0.1) is 0 Å². The van der Waals surface area contributed by atoms with Gasteiger partial charge in [-0.25, -0.2) is 0 Å². The molecular formula is C28H27N3O3. The van der Waals surface area contributed by atoms with Crippen molar-refractivity contribution in [3.63, 3.8) is 0 Å². The van der Waals surface area contributed by atoms with Crippen LogP contribution in [0.4, 0.5) is 0 Å². The number of carbonyl (C=O) groups is 2. The molecule has 0 aliphatic carbocycles. The number of carbonyl (C=O) groups excluding carboxylic acids is 2. The molecule has 1 N–H and O–H groups in total. The Labute approximate surface area is 198 Å². The number of nitrogens with zero attached hydrogens (tertiary/aromatic N) is 2. The molecule has 1 fully saturated rings. The molecule has 4 aromatic rings. The van der Waals surface area contributed by atoms with Crippen molar-refractivity contribution in [2.75, 3.05) is 33.3 Å². The molecular weight excluding hydrogens is 426 g/mol. The molecule has 2 amide bonds. The first kappa shape index (κ1) is 20.9. The van der Waals surface area contributed by atoms with Crippen LogP contribution in [0.5, 0.6) is 5.75 Å². The minimum atomic E-state index is -0.182. The van der Waals surface area contributed by atoms with E-state index >= 15 is 0 Å². The molecule has 0 saturated carbocycles. The number of benzene rings is 3. The summed E-state index contributed by atoms with van der Waals surface area (Å²) in [5.41, 5.74) is 3.72. The van der Waals surface area contributed by atoms with Gasteiger partial charge in [-0.3, -0.25) is 14.5 Å². The molecule has 2 aliphatic heterocycles. The smallest absolute Gasteiger partial charge is 0.261 e. The third kappa shape index (κ3) is 3.37. The van der Waals surface area contributed by atoms with E-state index < -0.39 is 0 Å². The number of H-pyrrole nitrogens is 1. The normalized spacial score (nSPS) is 17.1. The SMILES string of the molecule is COc1ccc2c(C3CCN(CCN4C(=O)c5cccc6cccc(c56)C4=O)CC3)c[nH]c2c1. The zero-order chi connectivity index (χ0) is 23.2. The fourth-order valence-corrected chi connectivity index (χ4v) is 5.59. The lowest BCUT2D eigenvalue weighted by Gasteiger charge is -2.34. The second-order valence-corrected chi connectivity index (χ2v) is 9.24. The molecule has 0 spiro atoms. The molecule has 3 aromatic carbocycles. The Bertz CT molecular complexity index is 1360. The Hall–Kier alpha value is -3.64. The average Bonchev–Trinajstić information content (AvgIpc) is 3.30. The van der Waals surface area contributed by atoms with E-state index in [-0.39, 0.29) is 11.8 Å². The highest BCUT2D eigenvalue weighted by molar-refractivity contribution is 6.25. The maximum absolute atomic E-state index is 13.1. The number of fused-ring (bicyclic) bond motifs is 1. The van der Waals surface area contributed by atoms with Crippen LogP contribution in [0.3, 0.4) is 0 Å². The van der Waals surface area contributed by atoms with Gasteiger partial charge in [-0.15, -0.1) is 0 Å². The lowest BCUT2D eigenvalue weighted by molar-refractivity contribution is 0.0586. The first-order chi connectivity index (χ1) is 16.6. The van der Waals surface area contributed by atoms with Crippen molar-refractivity contribution in [3.8, 4) is 5.75 Å². The summed E-state index contributed by atoms with van der Waals surface area (Å²) in [4.78, 5) is 33.5. The van der Waals surface area contributed by atoms with Crippen molar-refractivity contribution >= 4 is 33.5 Å². The molecule has 1 saturated heterocycles. The van der Waals surface area contributed by atoms with E-state index in [2.05, 4.69) is 22.1 Å². The van der Waals surface area contributed by atoms with E-state index in [1.165, 1.54) is 15.8 Å². The van der Waals surface area contributed by atoms with Crippen LogP contribution < -0.4 is 4.74 Å². The Morgan fingerprint density at radius 3 is 2.32 bits per heavy atom. The van der Waals surface area contributed by atoms with Gasteiger partial charge < -0.3 is 14.6 Å². The summed E-state index contributed by atoms with van der Waals surface area (Å²) in [5, 5.41) is 2.99. The van der Waals surface area contributed by atoms with Gasteiger partial charge in [0.15, 0.2) is 0 Å². The van der Waals surface area contributed by atoms with Crippen LogP contribution in [0.25, 0.3) is 21.7 Å². The molecule has 172 valence electrons. The van der Waals surface area contributed by atoms with Crippen molar-refractivity contribution in [2.45, 2.75) is 18.8 Å². The van der Waals surface area contributed by atoms with Crippen LogP contribution in [-0.2, 0) is 0 Å². The molecule has 0 unspecified atom stereocenters. The number of rotatable bonds is 5. The summed E-state index contributed by atoms with van der Waals surface area (Å²) in [6.45, 7) is 3.03. The quantitative estimate of drug-likeness (QED) is 0.441. The Kier molecular flexibility index (Phi) is 5.11. The van der Waals surface area contributed by atoms with Crippen LogP contribution >= 0.6 is 0 Å². The van der Waals surface area contributed by atoms with Gasteiger partial charge in [-0.1, -0.05) is 24.3 Å². The van der Waals surface area contributed by atoms with Crippen molar-refractivity contribution in [3.05, 3.63) is 77.5 Å². The highest BCUT2D eigenvalue weighted by Crippen LogP contribution is 2.35. The van der Waals surface area contributed by atoms with Gasteiger partial charge in [0, 0.05) is 52.8 Å². The van der Waals surface area contributed by atoms with Crippen LogP contribution in [0.1, 0.15) is 45.0 Å². The van der Waals surface area contributed by atoms with Crippen LogP contribution in [0.2, 0.25) is 0 Å². The van der Waals surface area contributed by atoms with Gasteiger partial charge in [-0.05, 0) is 67.1 Å². The van der Waals surface area contributed by atoms with Crippen LogP contribution in [-0.4, -0.2) is 59.9 Å². The number of hydrogen-bond donors (Lipinski definition) is 1. The average molecular weight is 454 g/mol. The second-order valence-electron chi connectivity index (χ2n) is 9.24. The zero-order valence-corrected chi connectivity index (χ0v) is 19.2. The van der Waals surface area contributed by atoms with Gasteiger partial charge in [0.05, 0.1) is 7.11 Å². The summed E-state index contributed by atoms with van der Waals surface area (Å²) in [5.74, 6) is 0.995. The zero-order valence-electron chi connectivity index (χ0n) is 19.2. The summed E-state index contributed by atoms with van der Waals surface area (Å²) < 4.78 is 5.34. The van der Waals surface area contributed by atoms with Crippen molar-refractivity contribution in [2.24, 2.45) is 0 Å². The van der Waals surface area contributed by atoms with Crippen molar-refractivity contribution in [1.29, 1.82) is 0 Å². The fourth-order valence-electron chi connectivity index (χ4n) is 5.59. The number of aromatic nitrogens is 1. The number of piperidine rings is 1. The summed E-state index contributed by atoms with van der Waals surface area (Å²) in [6, 6.07) is 17.5. The highest BCUT2D eigenvalue weighted by atomic mass is 16.5. The lowest BCUT2D eigenvalue weighted by Crippen LogP contribution is -2.45. The lowest BCUT2D eigenvalue weighted by atomic mass is 9.89. The Morgan fingerprint density at radius 1 is 0.941 bits per heavy atom. The number of aromatic amines is 1. The van der Waals surface area contributed by atoms with E-state index in [1.54, 1.807) is 7.11 Å². The van der Waals surface area contributed by atoms with Gasteiger partial charge in [-0.2, -0.15) is 0 Å². The molecule has 0 atom stereocenters. The largest absolute Gasteiger partial charge is 0.497 e. The Balaban J connectivity index is 1.12. The molecule has 0 bridgehead atoms. The number of amides is 2. The number of nitrogens with one attached hydrogen (secondary N) is 1. The molecule has 3 heterocycles. The van der Waals surface area contributed by atoms with Gasteiger partial charge in [0.2, 0.25) is 0 Å². The van der Waals surface area contributed by atoms with E-state index in [9.17, 15) is 9.59 Å². The standard InChI is InChI=1S/C28H27N3O3/c1-34-20-8-9-21-24(17-29-25(21)16-20)18-10-12-30(13-11-18)14-15-31-27(32)22-6-2-4-19-5-3-7-23(26(19)22)28(31)33/h2-9,16-18,29H,10-15H2,1H3. The predicted octanol–water partition coefficient (Wildman–Crippen LogP) is 4.81. The molecule has 6 heteroatoms. The third-order valence-electron chi connectivity index (χ3n) is 7.44. The van der Waals surface area contributed by atoms with E-state index in [0.29, 0.717) is 30.1 Å². The molecule has 6 nitrogen and oxygen atoms in total. The van der Waals surface area contributed by atoms with Gasteiger partial charge in [0.25, 0.3) is 11.8 Å². The number of likely N-dealkylation sites (tertiary alicyclic amines) is 1. The maximum Gasteiger partial charge on any atom is 0.261 e. The highest BCUT2D eigenvalue weighted by Gasteiger charge is 2.33. The minimum Gasteiger partial charge on any atom is -0.497 e. The molecule has 6 rings (SSSR count). The number of methoxy groups -OCH3 is 1. The van der Waals surface area contributed by atoms with Crippen molar-refractivity contribution < 1.29 is 14.3 Å². The molecule has 1 aromatic heterocycles. The summed E-state index contributed by atoms with van der Waals surface area (Å²) in [7, 11) is 1.69. The van der Waals surface area contributed by atoms with Crippen LogP contribution in [0.15, 0.2) is 60.8 Å². The van der Waals surface area contributed by atoms with Crippen molar-refractivity contribution in [1.82, 2.24) is 14.8 Å². The maximum atomic E-state index is 13.1.